The van der Waals surface area contributed by atoms with E-state index in [1.807, 2.05) is 18.3 Å². The van der Waals surface area contributed by atoms with Crippen molar-refractivity contribution < 1.29 is 50.9 Å². The van der Waals surface area contributed by atoms with Crippen LogP contribution in [0.25, 0.3) is 0 Å². The van der Waals surface area contributed by atoms with Gasteiger partial charge in [-0.2, -0.15) is 37.7 Å². The first-order chi connectivity index (χ1) is 16.7. The Morgan fingerprint density at radius 3 is 2.08 bits per heavy atom. The fourth-order valence-corrected chi connectivity index (χ4v) is 4.38. The summed E-state index contributed by atoms with van der Waals surface area (Å²) in [5, 5.41) is 18.6. The zero-order valence-corrected chi connectivity index (χ0v) is 19.2. The number of carboxylic acid groups (broad SMARTS) is 2. The average molecular weight is 541 g/mol. The molecule has 8 nitrogen and oxygen atoms in total. The Morgan fingerprint density at radius 2 is 1.61 bits per heavy atom. The van der Waals surface area contributed by atoms with Crippen molar-refractivity contribution >= 4 is 29.2 Å². The number of carboxylic acids is 2. The molecule has 2 atom stereocenters. The van der Waals surface area contributed by atoms with Crippen molar-refractivity contribution in [3.8, 4) is 0 Å². The van der Waals surface area contributed by atoms with E-state index in [1.165, 1.54) is 5.56 Å². The van der Waals surface area contributed by atoms with Crippen molar-refractivity contribution in [2.45, 2.75) is 50.4 Å². The zero-order chi connectivity index (χ0) is 27.1. The normalized spacial score (nSPS) is 19.6. The highest BCUT2D eigenvalue weighted by Crippen LogP contribution is 2.34. The van der Waals surface area contributed by atoms with Gasteiger partial charge in [0.05, 0.1) is 0 Å². The minimum absolute atomic E-state index is 0.286. The van der Waals surface area contributed by atoms with Gasteiger partial charge in [-0.15, -0.1) is 0 Å². The summed E-state index contributed by atoms with van der Waals surface area (Å²) in [4.78, 5) is 38.9. The number of nitrogens with zero attached hydrogens (tertiary/aromatic N) is 3. The van der Waals surface area contributed by atoms with E-state index in [-0.39, 0.29) is 5.91 Å². The number of alkyl halides is 6. The Balaban J connectivity index is 0.000000271. The van der Waals surface area contributed by atoms with Gasteiger partial charge in [0, 0.05) is 50.5 Å². The van der Waals surface area contributed by atoms with Gasteiger partial charge in [-0.05, 0) is 40.4 Å². The lowest BCUT2D eigenvalue weighted by Crippen LogP contribution is -2.36. The van der Waals surface area contributed by atoms with E-state index >= 15 is 0 Å². The SMILES string of the molecule is O=C(O)C(F)(F)F.O=C(O)C(F)(F)F.O=C1C[C@H]2[C@@H](CCN2Cc2ccsc2)N1Cc1cccnc1. The molecule has 2 N–H and O–H groups in total. The van der Waals surface area contributed by atoms with Crippen LogP contribution in [0.3, 0.4) is 0 Å². The molecule has 15 heteroatoms. The highest BCUT2D eigenvalue weighted by atomic mass is 32.1. The predicted molar refractivity (Wildman–Crippen MR) is 114 cm³/mol. The molecule has 1 amide bonds. The van der Waals surface area contributed by atoms with Crippen LogP contribution in [0.5, 0.6) is 0 Å². The van der Waals surface area contributed by atoms with Crippen LogP contribution in [0, 0.1) is 0 Å². The number of pyridine rings is 1. The van der Waals surface area contributed by atoms with Crippen molar-refractivity contribution in [1.29, 1.82) is 0 Å². The number of amides is 1. The molecule has 2 fully saturated rings. The van der Waals surface area contributed by atoms with Crippen molar-refractivity contribution in [2.75, 3.05) is 6.54 Å². The number of hydrogen-bond donors (Lipinski definition) is 2. The number of carbonyl (C=O) groups is 3. The number of aliphatic carboxylic acids is 2. The Bertz CT molecular complexity index is 993. The van der Waals surface area contributed by atoms with Gasteiger partial charge >= 0.3 is 24.3 Å². The average Bonchev–Trinajstić information content (AvgIpc) is 3.49. The van der Waals surface area contributed by atoms with Crippen LogP contribution in [-0.4, -0.2) is 73.8 Å². The van der Waals surface area contributed by atoms with E-state index in [2.05, 4.69) is 31.6 Å². The maximum atomic E-state index is 12.4. The summed E-state index contributed by atoms with van der Waals surface area (Å²) in [7, 11) is 0. The predicted octanol–water partition coefficient (Wildman–Crippen LogP) is 3.79. The molecule has 2 aliphatic rings. The van der Waals surface area contributed by atoms with E-state index in [0.717, 1.165) is 25.1 Å². The van der Waals surface area contributed by atoms with Crippen LogP contribution >= 0.6 is 11.3 Å². The summed E-state index contributed by atoms with van der Waals surface area (Å²) in [6, 6.07) is 6.91. The first kappa shape index (κ1) is 29.0. The second kappa shape index (κ2) is 12.2. The summed E-state index contributed by atoms with van der Waals surface area (Å²) in [6.45, 7) is 2.75. The molecular weight excluding hydrogens is 520 g/mol. The number of carbonyl (C=O) groups excluding carboxylic acids is 1. The van der Waals surface area contributed by atoms with Crippen molar-refractivity contribution in [1.82, 2.24) is 14.8 Å². The molecule has 0 saturated carbocycles. The number of halogens is 6. The highest BCUT2D eigenvalue weighted by molar-refractivity contribution is 7.07. The van der Waals surface area contributed by atoms with Crippen LogP contribution in [-0.2, 0) is 27.5 Å². The lowest BCUT2D eigenvalue weighted by Gasteiger charge is -2.25. The van der Waals surface area contributed by atoms with E-state index in [0.29, 0.717) is 25.0 Å². The summed E-state index contributed by atoms with van der Waals surface area (Å²) < 4.78 is 63.5. The number of hydrogen-bond acceptors (Lipinski definition) is 6. The van der Waals surface area contributed by atoms with Crippen LogP contribution in [0.4, 0.5) is 26.3 Å². The van der Waals surface area contributed by atoms with E-state index in [1.54, 1.807) is 17.5 Å². The molecule has 0 unspecified atom stereocenters. The van der Waals surface area contributed by atoms with E-state index < -0.39 is 24.3 Å². The lowest BCUT2D eigenvalue weighted by molar-refractivity contribution is -0.193. The van der Waals surface area contributed by atoms with Crippen molar-refractivity contribution in [3.05, 3.63) is 52.5 Å². The van der Waals surface area contributed by atoms with Gasteiger partial charge in [-0.1, -0.05) is 6.07 Å². The standard InChI is InChI=1S/C17H19N3OS.2C2HF3O2/c21-17-8-16-15(20(17)11-13-2-1-5-18-9-13)3-6-19(16)10-14-4-7-22-12-14;2*3-2(4,5)1(6)7/h1-2,4-5,7,9,12,15-16H,3,6,8,10-11H2;2*(H,6,7)/t15-,16+;;/m1../s1. The summed E-state index contributed by atoms with van der Waals surface area (Å²) in [6.07, 6.45) is -4.79. The molecule has 0 radical (unpaired) electrons. The van der Waals surface area contributed by atoms with Gasteiger partial charge in [0.2, 0.25) is 5.91 Å². The molecule has 2 saturated heterocycles. The molecule has 0 aromatic carbocycles. The summed E-state index contributed by atoms with van der Waals surface area (Å²) >= 11 is 1.74. The number of aromatic nitrogens is 1. The number of rotatable bonds is 4. The highest BCUT2D eigenvalue weighted by Gasteiger charge is 2.46. The minimum atomic E-state index is -5.08. The van der Waals surface area contributed by atoms with Gasteiger partial charge in [0.15, 0.2) is 0 Å². The molecule has 2 aromatic rings. The molecule has 2 aromatic heterocycles. The third-order valence-electron chi connectivity index (χ3n) is 5.26. The smallest absolute Gasteiger partial charge is 0.475 e. The van der Waals surface area contributed by atoms with Crippen LogP contribution in [0.15, 0.2) is 41.4 Å². The molecule has 36 heavy (non-hydrogen) atoms. The Labute approximate surface area is 204 Å². The largest absolute Gasteiger partial charge is 0.490 e. The fourth-order valence-electron chi connectivity index (χ4n) is 3.72. The Morgan fingerprint density at radius 1 is 1.00 bits per heavy atom. The van der Waals surface area contributed by atoms with Crippen molar-refractivity contribution in [3.63, 3.8) is 0 Å². The molecule has 4 heterocycles. The second-order valence-electron chi connectivity index (χ2n) is 7.72. The van der Waals surface area contributed by atoms with Gasteiger partial charge in [0.25, 0.3) is 0 Å². The number of thiophene rings is 1. The fraction of sp³-hybridized carbons (Fsp3) is 0.429. The third-order valence-corrected chi connectivity index (χ3v) is 5.99. The number of fused-ring (bicyclic) bond motifs is 1. The molecule has 198 valence electrons. The molecular formula is C21H21F6N3O5S. The third kappa shape index (κ3) is 8.48. The first-order valence-electron chi connectivity index (χ1n) is 10.2. The molecule has 0 aliphatic carbocycles. The second-order valence-corrected chi connectivity index (χ2v) is 8.50. The topological polar surface area (TPSA) is 111 Å². The summed E-state index contributed by atoms with van der Waals surface area (Å²) in [5.41, 5.74) is 2.48. The van der Waals surface area contributed by atoms with Gasteiger partial charge < -0.3 is 15.1 Å². The van der Waals surface area contributed by atoms with E-state index in [4.69, 9.17) is 19.8 Å². The van der Waals surface area contributed by atoms with Crippen LogP contribution in [0.2, 0.25) is 0 Å². The van der Waals surface area contributed by atoms with Gasteiger partial charge in [-0.3, -0.25) is 14.7 Å². The summed E-state index contributed by atoms with van der Waals surface area (Å²) in [5.74, 6) is -5.23. The van der Waals surface area contributed by atoms with Crippen LogP contribution < -0.4 is 0 Å². The quantitative estimate of drug-likeness (QED) is 0.567. The van der Waals surface area contributed by atoms with Crippen molar-refractivity contribution in [2.24, 2.45) is 0 Å². The molecule has 2 aliphatic heterocycles. The number of likely N-dealkylation sites (tertiary alicyclic amines) is 2. The minimum Gasteiger partial charge on any atom is -0.475 e. The Kier molecular flexibility index (Phi) is 9.81. The zero-order valence-electron chi connectivity index (χ0n) is 18.4. The first-order valence-corrected chi connectivity index (χ1v) is 11.2. The maximum absolute atomic E-state index is 12.4. The lowest BCUT2D eigenvalue weighted by atomic mass is 10.1. The van der Waals surface area contributed by atoms with Crippen LogP contribution in [0.1, 0.15) is 24.0 Å². The monoisotopic (exact) mass is 541 g/mol. The molecule has 4 rings (SSSR count). The molecule has 0 bridgehead atoms. The van der Waals surface area contributed by atoms with Gasteiger partial charge in [0.1, 0.15) is 0 Å². The van der Waals surface area contributed by atoms with E-state index in [9.17, 15) is 31.1 Å². The Hall–Kier alpha value is -3.20. The van der Waals surface area contributed by atoms with Gasteiger partial charge in [-0.25, -0.2) is 9.59 Å². The molecule has 0 spiro atoms. The maximum Gasteiger partial charge on any atom is 0.490 e.